The molecule has 2 aromatic rings. The first-order chi connectivity index (χ1) is 8.38. The standard InChI is InChI=1S/C13H16N2S2/c14-7-2-1-3-12-15-13-9-6-8-16-10(9)4-5-11(13)17-12/h6,8H,1-5,7,14H2. The number of thiophene rings is 1. The molecule has 0 spiro atoms. The van der Waals surface area contributed by atoms with E-state index in [0.29, 0.717) is 0 Å². The highest BCUT2D eigenvalue weighted by Gasteiger charge is 2.21. The van der Waals surface area contributed by atoms with Crippen molar-refractivity contribution in [2.75, 3.05) is 6.54 Å². The highest BCUT2D eigenvalue weighted by molar-refractivity contribution is 7.12. The summed E-state index contributed by atoms with van der Waals surface area (Å²) in [5, 5.41) is 3.48. The highest BCUT2D eigenvalue weighted by Crippen LogP contribution is 2.38. The number of nitrogens with zero attached hydrogens (tertiary/aromatic N) is 1. The van der Waals surface area contributed by atoms with Crippen molar-refractivity contribution in [2.24, 2.45) is 5.73 Å². The molecule has 90 valence electrons. The van der Waals surface area contributed by atoms with Gasteiger partial charge in [-0.15, -0.1) is 22.7 Å². The van der Waals surface area contributed by atoms with Gasteiger partial charge in [-0.25, -0.2) is 4.98 Å². The zero-order valence-electron chi connectivity index (χ0n) is 9.74. The van der Waals surface area contributed by atoms with Gasteiger partial charge in [-0.3, -0.25) is 0 Å². The van der Waals surface area contributed by atoms with E-state index in [4.69, 9.17) is 10.7 Å². The summed E-state index contributed by atoms with van der Waals surface area (Å²) in [6, 6.07) is 2.22. The van der Waals surface area contributed by atoms with Crippen molar-refractivity contribution in [3.8, 4) is 11.3 Å². The number of nitrogens with two attached hydrogens (primary N) is 1. The molecule has 2 aromatic heterocycles. The van der Waals surface area contributed by atoms with Crippen LogP contribution in [-0.4, -0.2) is 11.5 Å². The molecule has 0 saturated heterocycles. The Morgan fingerprint density at radius 3 is 3.00 bits per heavy atom. The molecular formula is C13H16N2S2. The molecule has 3 rings (SSSR count). The van der Waals surface area contributed by atoms with E-state index in [1.54, 1.807) is 0 Å². The lowest BCUT2D eigenvalue weighted by Gasteiger charge is -2.09. The average Bonchev–Trinajstić information content (AvgIpc) is 2.93. The van der Waals surface area contributed by atoms with E-state index in [1.807, 2.05) is 22.7 Å². The normalized spacial score (nSPS) is 13.5. The van der Waals surface area contributed by atoms with Crippen LogP contribution in [0.25, 0.3) is 11.3 Å². The fourth-order valence-corrected chi connectivity index (χ4v) is 4.28. The first kappa shape index (κ1) is 11.4. The quantitative estimate of drug-likeness (QED) is 0.861. The topological polar surface area (TPSA) is 38.9 Å². The second kappa shape index (κ2) is 4.88. The number of rotatable bonds is 4. The monoisotopic (exact) mass is 264 g/mol. The molecule has 1 aliphatic carbocycles. The minimum Gasteiger partial charge on any atom is -0.330 e. The van der Waals surface area contributed by atoms with E-state index in [2.05, 4.69) is 11.4 Å². The molecule has 0 aromatic carbocycles. The maximum absolute atomic E-state index is 5.52. The molecule has 4 heteroatoms. The molecule has 0 saturated carbocycles. The van der Waals surface area contributed by atoms with Crippen LogP contribution in [0.15, 0.2) is 11.4 Å². The molecule has 2 N–H and O–H groups in total. The summed E-state index contributed by atoms with van der Waals surface area (Å²) in [6.07, 6.45) is 5.74. The minimum absolute atomic E-state index is 0.791. The summed E-state index contributed by atoms with van der Waals surface area (Å²) in [5.74, 6) is 0. The second-order valence-corrected chi connectivity index (χ2v) is 6.55. The molecule has 1 aliphatic rings. The Balaban J connectivity index is 1.84. The smallest absolute Gasteiger partial charge is 0.0935 e. The summed E-state index contributed by atoms with van der Waals surface area (Å²) < 4.78 is 0. The summed E-state index contributed by atoms with van der Waals surface area (Å²) in [5.41, 5.74) is 8.17. The Kier molecular flexibility index (Phi) is 3.27. The van der Waals surface area contributed by atoms with Gasteiger partial charge in [0.05, 0.1) is 10.7 Å². The number of aryl methyl sites for hydroxylation is 3. The number of unbranched alkanes of at least 4 members (excludes halogenated alkanes) is 1. The molecule has 0 aliphatic heterocycles. The van der Waals surface area contributed by atoms with Gasteiger partial charge in [0.15, 0.2) is 0 Å². The van der Waals surface area contributed by atoms with E-state index in [9.17, 15) is 0 Å². The maximum atomic E-state index is 5.52. The molecule has 2 heterocycles. The van der Waals surface area contributed by atoms with Crippen LogP contribution < -0.4 is 5.73 Å². The van der Waals surface area contributed by atoms with Crippen molar-refractivity contribution in [3.05, 3.63) is 26.2 Å². The fourth-order valence-electron chi connectivity index (χ4n) is 2.28. The SMILES string of the molecule is NCCCCc1nc2c(s1)CCc1sccc1-2. The Hall–Kier alpha value is -0.710. The number of hydrogen-bond donors (Lipinski definition) is 1. The average molecular weight is 264 g/mol. The van der Waals surface area contributed by atoms with Crippen LogP contribution in [0.1, 0.15) is 27.6 Å². The lowest BCUT2D eigenvalue weighted by molar-refractivity contribution is 0.742. The zero-order chi connectivity index (χ0) is 11.7. The molecular weight excluding hydrogens is 248 g/mol. The predicted octanol–water partition coefficient (Wildman–Crippen LogP) is 3.25. The van der Waals surface area contributed by atoms with E-state index >= 15 is 0 Å². The fraction of sp³-hybridized carbons (Fsp3) is 0.462. The lowest BCUT2D eigenvalue weighted by Crippen LogP contribution is -1.99. The highest BCUT2D eigenvalue weighted by atomic mass is 32.1. The van der Waals surface area contributed by atoms with Crippen LogP contribution in [0.5, 0.6) is 0 Å². The van der Waals surface area contributed by atoms with Crippen molar-refractivity contribution in [1.82, 2.24) is 4.98 Å². The van der Waals surface area contributed by atoms with Gasteiger partial charge >= 0.3 is 0 Å². The van der Waals surface area contributed by atoms with Crippen LogP contribution >= 0.6 is 22.7 Å². The molecule has 2 nitrogen and oxygen atoms in total. The summed E-state index contributed by atoms with van der Waals surface area (Å²) in [4.78, 5) is 7.82. The van der Waals surface area contributed by atoms with Crippen molar-refractivity contribution in [1.29, 1.82) is 0 Å². The van der Waals surface area contributed by atoms with Gasteiger partial charge in [0.25, 0.3) is 0 Å². The van der Waals surface area contributed by atoms with E-state index < -0.39 is 0 Å². The van der Waals surface area contributed by atoms with Crippen molar-refractivity contribution < 1.29 is 0 Å². The van der Waals surface area contributed by atoms with Crippen LogP contribution in [0, 0.1) is 0 Å². The number of thiazole rings is 1. The van der Waals surface area contributed by atoms with Crippen LogP contribution in [0.3, 0.4) is 0 Å². The largest absolute Gasteiger partial charge is 0.330 e. The van der Waals surface area contributed by atoms with Gasteiger partial charge in [-0.05, 0) is 50.1 Å². The zero-order valence-corrected chi connectivity index (χ0v) is 11.4. The van der Waals surface area contributed by atoms with Gasteiger partial charge in [-0.2, -0.15) is 0 Å². The Bertz CT molecular complexity index is 513. The summed E-state index contributed by atoms with van der Waals surface area (Å²) in [7, 11) is 0. The van der Waals surface area contributed by atoms with E-state index in [1.165, 1.54) is 45.3 Å². The van der Waals surface area contributed by atoms with Crippen LogP contribution in [0.2, 0.25) is 0 Å². The second-order valence-electron chi connectivity index (χ2n) is 4.38. The Morgan fingerprint density at radius 1 is 1.24 bits per heavy atom. The Morgan fingerprint density at radius 2 is 2.12 bits per heavy atom. The molecule has 0 fully saturated rings. The molecule has 0 bridgehead atoms. The molecule has 17 heavy (non-hydrogen) atoms. The van der Waals surface area contributed by atoms with Gasteiger partial charge < -0.3 is 5.73 Å². The minimum atomic E-state index is 0.791. The van der Waals surface area contributed by atoms with E-state index in [0.717, 1.165) is 19.4 Å². The van der Waals surface area contributed by atoms with Crippen LogP contribution in [-0.2, 0) is 19.3 Å². The van der Waals surface area contributed by atoms with Crippen molar-refractivity contribution in [2.45, 2.75) is 32.1 Å². The third-order valence-electron chi connectivity index (χ3n) is 3.17. The molecule has 0 radical (unpaired) electrons. The lowest BCUT2D eigenvalue weighted by atomic mass is 10.0. The predicted molar refractivity (Wildman–Crippen MR) is 74.8 cm³/mol. The number of hydrogen-bond acceptors (Lipinski definition) is 4. The van der Waals surface area contributed by atoms with Gasteiger partial charge in [0, 0.05) is 15.3 Å². The van der Waals surface area contributed by atoms with Crippen molar-refractivity contribution in [3.63, 3.8) is 0 Å². The first-order valence-corrected chi connectivity index (χ1v) is 7.83. The van der Waals surface area contributed by atoms with Gasteiger partial charge in [-0.1, -0.05) is 0 Å². The van der Waals surface area contributed by atoms with Crippen molar-refractivity contribution >= 4 is 22.7 Å². The summed E-state index contributed by atoms with van der Waals surface area (Å²) in [6.45, 7) is 0.791. The van der Waals surface area contributed by atoms with E-state index in [-0.39, 0.29) is 0 Å². The van der Waals surface area contributed by atoms with Gasteiger partial charge in [0.1, 0.15) is 0 Å². The number of fused-ring (bicyclic) bond motifs is 3. The van der Waals surface area contributed by atoms with Gasteiger partial charge in [0.2, 0.25) is 0 Å². The maximum Gasteiger partial charge on any atom is 0.0935 e. The molecule has 0 unspecified atom stereocenters. The third-order valence-corrected chi connectivity index (χ3v) is 5.32. The summed E-state index contributed by atoms with van der Waals surface area (Å²) >= 11 is 3.77. The first-order valence-electron chi connectivity index (χ1n) is 6.14. The molecule has 0 atom stereocenters. The Labute approximate surface area is 110 Å². The molecule has 0 amide bonds. The third kappa shape index (κ3) is 2.17. The number of aromatic nitrogens is 1. The van der Waals surface area contributed by atoms with Crippen LogP contribution in [0.4, 0.5) is 0 Å².